The van der Waals surface area contributed by atoms with Gasteiger partial charge < -0.3 is 4.74 Å². The normalized spacial score (nSPS) is 14.4. The first-order chi connectivity index (χ1) is 12.0. The molecule has 1 atom stereocenters. The molecule has 0 aromatic heterocycles. The average Bonchev–Trinajstić information content (AvgIpc) is 2.51. The first kappa shape index (κ1) is 22.6. The number of ether oxygens (including phenoxy) is 1. The van der Waals surface area contributed by atoms with Gasteiger partial charge in [0.1, 0.15) is 22.6 Å². The molecule has 0 N–H and O–H groups in total. The van der Waals surface area contributed by atoms with Crippen LogP contribution in [0.5, 0.6) is 5.75 Å². The maximum absolute atomic E-state index is 14.2. The van der Waals surface area contributed by atoms with Crippen LogP contribution in [0.1, 0.15) is 58.9 Å². The molecule has 26 heavy (non-hydrogen) atoms. The number of rotatable bonds is 8. The summed E-state index contributed by atoms with van der Waals surface area (Å²) in [6.07, 6.45) is -1.03. The second-order valence-electron chi connectivity index (χ2n) is 6.85. The topological polar surface area (TPSA) is 38.7 Å². The lowest BCUT2D eigenvalue weighted by Gasteiger charge is -2.17. The van der Waals surface area contributed by atoms with Gasteiger partial charge in [-0.25, -0.2) is 8.60 Å². The quantitative estimate of drug-likeness (QED) is 0.327. The van der Waals surface area contributed by atoms with Crippen LogP contribution >= 0.6 is 0 Å². The largest absolute Gasteiger partial charge is 0.493 e. The van der Waals surface area contributed by atoms with Crippen LogP contribution < -0.4 is 4.74 Å². The van der Waals surface area contributed by atoms with Crippen molar-refractivity contribution in [3.8, 4) is 5.75 Å². The van der Waals surface area contributed by atoms with E-state index in [9.17, 15) is 21.8 Å². The third kappa shape index (κ3) is 7.05. The van der Waals surface area contributed by atoms with Crippen LogP contribution in [0.25, 0.3) is 0 Å². The molecule has 0 unspecified atom stereocenters. The lowest BCUT2D eigenvalue weighted by Crippen LogP contribution is -2.29. The fraction of sp³-hybridized carbons (Fsp3) is 0.611. The highest BCUT2D eigenvalue weighted by Gasteiger charge is 2.40. The molecule has 3 nitrogen and oxygen atoms in total. The first-order valence-corrected chi connectivity index (χ1v) is 9.58. The van der Waals surface area contributed by atoms with Gasteiger partial charge in [0.05, 0.1) is 11.4 Å². The van der Waals surface area contributed by atoms with Gasteiger partial charge in [0, 0.05) is 11.6 Å². The molecule has 0 radical (unpaired) electrons. The molecule has 0 amide bonds. The summed E-state index contributed by atoms with van der Waals surface area (Å²) in [7, 11) is -2.17. The summed E-state index contributed by atoms with van der Waals surface area (Å²) in [4.78, 5) is 0. The van der Waals surface area contributed by atoms with Crippen molar-refractivity contribution >= 4 is 16.7 Å². The van der Waals surface area contributed by atoms with Gasteiger partial charge in [-0.05, 0) is 39.3 Å². The Balaban J connectivity index is 3.03. The van der Waals surface area contributed by atoms with Gasteiger partial charge in [-0.3, -0.25) is 0 Å². The lowest BCUT2D eigenvalue weighted by molar-refractivity contribution is -0.0580. The predicted molar refractivity (Wildman–Crippen MR) is 96.5 cm³/mol. The molecular formula is C18H25F4NO2S. The fourth-order valence-corrected chi connectivity index (χ4v) is 2.61. The second-order valence-corrected chi connectivity index (χ2v) is 8.76. The van der Waals surface area contributed by atoms with Crippen LogP contribution in [0, 0.1) is 5.82 Å². The van der Waals surface area contributed by atoms with Crippen LogP contribution in [-0.2, 0) is 11.0 Å². The highest BCUT2D eigenvalue weighted by molar-refractivity contribution is 7.85. The summed E-state index contributed by atoms with van der Waals surface area (Å²) in [5.74, 6) is -0.959. The van der Waals surface area contributed by atoms with Crippen LogP contribution in [0.3, 0.4) is 0 Å². The Hall–Kier alpha value is -1.44. The molecule has 0 heterocycles. The van der Waals surface area contributed by atoms with E-state index in [4.69, 9.17) is 4.74 Å². The Bertz CT molecular complexity index is 652. The zero-order valence-electron chi connectivity index (χ0n) is 15.5. The molecular weight excluding hydrogens is 370 g/mol. The van der Waals surface area contributed by atoms with Gasteiger partial charge in [0.2, 0.25) is 0 Å². The van der Waals surface area contributed by atoms with Crippen LogP contribution in [-0.4, -0.2) is 27.5 Å². The Morgan fingerprint density at radius 1 is 1.15 bits per heavy atom. The molecule has 8 heteroatoms. The fourth-order valence-electron chi connectivity index (χ4n) is 1.97. The minimum atomic E-state index is -4.93. The third-order valence-corrected chi connectivity index (χ3v) is 4.82. The third-order valence-electron chi connectivity index (χ3n) is 3.43. The lowest BCUT2D eigenvalue weighted by atomic mass is 10.1. The van der Waals surface area contributed by atoms with Crippen molar-refractivity contribution in [1.29, 1.82) is 0 Å². The highest BCUT2D eigenvalue weighted by Crippen LogP contribution is 2.28. The molecule has 148 valence electrons. The second kappa shape index (κ2) is 9.48. The van der Waals surface area contributed by atoms with E-state index in [0.29, 0.717) is 6.61 Å². The number of alkyl halides is 3. The van der Waals surface area contributed by atoms with Crippen molar-refractivity contribution in [1.82, 2.24) is 0 Å². The molecule has 1 aromatic rings. The summed E-state index contributed by atoms with van der Waals surface area (Å²) in [5, 5.41) is 0. The Labute approximate surface area is 154 Å². The van der Waals surface area contributed by atoms with E-state index < -0.39 is 39.0 Å². The van der Waals surface area contributed by atoms with E-state index in [1.165, 1.54) is 26.8 Å². The van der Waals surface area contributed by atoms with Crippen molar-refractivity contribution in [2.75, 3.05) is 6.61 Å². The Kier molecular flexibility index (Phi) is 8.24. The molecule has 0 fully saturated rings. The highest BCUT2D eigenvalue weighted by atomic mass is 32.2. The maximum Gasteiger partial charge on any atom is 0.434 e. The van der Waals surface area contributed by atoms with Gasteiger partial charge in [-0.15, -0.1) is 0 Å². The molecule has 0 aliphatic rings. The van der Waals surface area contributed by atoms with E-state index in [0.717, 1.165) is 37.8 Å². The number of halogens is 4. The van der Waals surface area contributed by atoms with Crippen LogP contribution in [0.4, 0.5) is 17.6 Å². The predicted octanol–water partition coefficient (Wildman–Crippen LogP) is 5.60. The molecule has 0 saturated carbocycles. The first-order valence-electron chi connectivity index (χ1n) is 8.47. The minimum Gasteiger partial charge on any atom is -0.493 e. The van der Waals surface area contributed by atoms with E-state index in [1.807, 2.05) is 0 Å². The van der Waals surface area contributed by atoms with Crippen LogP contribution in [0.2, 0.25) is 0 Å². The molecule has 0 aliphatic carbocycles. The number of hydrogen-bond acceptors (Lipinski definition) is 2. The molecule has 0 saturated heterocycles. The summed E-state index contributed by atoms with van der Waals surface area (Å²) in [5.41, 5.74) is -2.23. The van der Waals surface area contributed by atoms with Gasteiger partial charge in [0.25, 0.3) is 0 Å². The van der Waals surface area contributed by atoms with Crippen molar-refractivity contribution in [3.05, 3.63) is 29.6 Å². The van der Waals surface area contributed by atoms with Gasteiger partial charge in [-0.2, -0.15) is 17.6 Å². The zero-order valence-corrected chi connectivity index (χ0v) is 16.3. The summed E-state index contributed by atoms with van der Waals surface area (Å²) >= 11 is 0. The minimum absolute atomic E-state index is 0.154. The average molecular weight is 395 g/mol. The zero-order chi connectivity index (χ0) is 20.0. The van der Waals surface area contributed by atoms with E-state index in [-0.39, 0.29) is 5.75 Å². The number of nitrogens with zero attached hydrogens (tertiary/aromatic N) is 1. The molecule has 1 rings (SSSR count). The summed E-state index contributed by atoms with van der Waals surface area (Å²) in [6.45, 7) is 6.92. The van der Waals surface area contributed by atoms with E-state index in [2.05, 4.69) is 11.3 Å². The molecule has 0 aliphatic heterocycles. The van der Waals surface area contributed by atoms with Crippen molar-refractivity contribution in [3.63, 3.8) is 0 Å². The molecule has 0 spiro atoms. The Morgan fingerprint density at radius 2 is 1.81 bits per heavy atom. The van der Waals surface area contributed by atoms with Crippen molar-refractivity contribution in [2.24, 2.45) is 4.40 Å². The standard InChI is InChI=1S/C18H25F4NO2S/c1-5-6-7-8-11-25-13-9-10-14(15(19)12-13)16(18(20,21)22)23-26(24)17(2,3)4/h9-10,12H,5-8,11H2,1-4H3/t26-/m1/s1. The van der Waals surface area contributed by atoms with E-state index >= 15 is 0 Å². The summed E-state index contributed by atoms with van der Waals surface area (Å²) < 4.78 is 73.7. The monoisotopic (exact) mass is 395 g/mol. The number of benzene rings is 1. The van der Waals surface area contributed by atoms with Crippen molar-refractivity contribution < 1.29 is 26.5 Å². The van der Waals surface area contributed by atoms with Crippen LogP contribution in [0.15, 0.2) is 22.6 Å². The van der Waals surface area contributed by atoms with Gasteiger partial charge in [0.15, 0.2) is 5.71 Å². The Morgan fingerprint density at radius 3 is 2.31 bits per heavy atom. The maximum atomic E-state index is 14.2. The number of hydrogen-bond donors (Lipinski definition) is 0. The van der Waals surface area contributed by atoms with Gasteiger partial charge in [-0.1, -0.05) is 26.2 Å². The van der Waals surface area contributed by atoms with E-state index in [1.54, 1.807) is 0 Å². The molecule has 0 bridgehead atoms. The SMILES string of the molecule is CCCCCCOc1ccc(C(=N[S@](=O)C(C)(C)C)C(F)(F)F)c(F)c1. The number of unbranched alkanes of at least 4 members (excludes halogenated alkanes) is 3. The van der Waals surface area contributed by atoms with Gasteiger partial charge >= 0.3 is 6.18 Å². The molecule has 1 aromatic carbocycles. The van der Waals surface area contributed by atoms with Crippen molar-refractivity contribution in [2.45, 2.75) is 64.3 Å². The smallest absolute Gasteiger partial charge is 0.434 e. The summed E-state index contributed by atoms with van der Waals surface area (Å²) in [6, 6.07) is 3.12.